The fourth-order valence-corrected chi connectivity index (χ4v) is 3.14. The van der Waals surface area contributed by atoms with Crippen LogP contribution in [0.15, 0.2) is 29.2 Å². The van der Waals surface area contributed by atoms with Crippen LogP contribution in [0.2, 0.25) is 0 Å². The Morgan fingerprint density at radius 1 is 1.25 bits per heavy atom. The summed E-state index contributed by atoms with van der Waals surface area (Å²) in [4.78, 5) is 13.6. The number of carbonyl (C=O) groups excluding carboxylic acids is 1. The van der Waals surface area contributed by atoms with E-state index in [4.69, 9.17) is 4.74 Å². The van der Waals surface area contributed by atoms with Gasteiger partial charge < -0.3 is 10.1 Å². The topological polar surface area (TPSA) is 56.1 Å². The maximum atomic E-state index is 12.4. The third kappa shape index (κ3) is 4.12. The van der Waals surface area contributed by atoms with E-state index in [0.29, 0.717) is 5.75 Å². The van der Waals surface area contributed by atoms with Gasteiger partial charge in [-0.15, -0.1) is 11.8 Å². The first kappa shape index (κ1) is 18.4. The highest BCUT2D eigenvalue weighted by Gasteiger charge is 2.21. The van der Waals surface area contributed by atoms with Crippen LogP contribution in [0.5, 0.6) is 5.75 Å². The lowest BCUT2D eigenvalue weighted by molar-refractivity contribution is -0.127. The average molecular weight is 347 g/mol. The zero-order valence-electron chi connectivity index (χ0n) is 15.1. The Bertz CT molecular complexity index is 710. The lowest BCUT2D eigenvalue weighted by Gasteiger charge is -2.19. The Labute approximate surface area is 147 Å². The molecule has 2 aromatic rings. The van der Waals surface area contributed by atoms with Gasteiger partial charge in [-0.2, -0.15) is 5.10 Å². The Kier molecular flexibility index (Phi) is 5.94. The van der Waals surface area contributed by atoms with Gasteiger partial charge in [-0.3, -0.25) is 9.48 Å². The molecule has 1 aromatic carbocycles. The molecule has 1 aromatic heterocycles. The van der Waals surface area contributed by atoms with Gasteiger partial charge in [-0.1, -0.05) is 0 Å². The number of hydrogen-bond acceptors (Lipinski definition) is 4. The van der Waals surface area contributed by atoms with Crippen LogP contribution in [0.1, 0.15) is 36.8 Å². The Hall–Kier alpha value is -1.95. The number of benzene rings is 1. The summed E-state index contributed by atoms with van der Waals surface area (Å²) in [5, 5.41) is 7.41. The first-order valence-corrected chi connectivity index (χ1v) is 9.17. The minimum atomic E-state index is -0.565. The van der Waals surface area contributed by atoms with Crippen molar-refractivity contribution in [1.82, 2.24) is 15.1 Å². The largest absolute Gasteiger partial charge is 0.481 e. The normalized spacial score (nSPS) is 13.4. The predicted octanol–water partition coefficient (Wildman–Crippen LogP) is 3.40. The monoisotopic (exact) mass is 347 g/mol. The molecule has 0 unspecified atom stereocenters. The van der Waals surface area contributed by atoms with Gasteiger partial charge in [0.1, 0.15) is 5.75 Å². The van der Waals surface area contributed by atoms with E-state index >= 15 is 0 Å². The molecule has 130 valence electrons. The molecule has 6 heteroatoms. The van der Waals surface area contributed by atoms with E-state index in [2.05, 4.69) is 10.4 Å². The van der Waals surface area contributed by atoms with Crippen LogP contribution in [0.3, 0.4) is 0 Å². The van der Waals surface area contributed by atoms with Crippen LogP contribution in [0.25, 0.3) is 0 Å². The number of nitrogens with one attached hydrogen (secondary N) is 1. The van der Waals surface area contributed by atoms with Gasteiger partial charge in [-0.25, -0.2) is 0 Å². The lowest BCUT2D eigenvalue weighted by atomic mass is 10.1. The fourth-order valence-electron chi connectivity index (χ4n) is 2.73. The van der Waals surface area contributed by atoms with Gasteiger partial charge in [0.05, 0.1) is 11.7 Å². The minimum absolute atomic E-state index is 0.115. The summed E-state index contributed by atoms with van der Waals surface area (Å²) in [6.07, 6.45) is 1.46. The van der Waals surface area contributed by atoms with Crippen molar-refractivity contribution in [2.75, 3.05) is 6.26 Å². The summed E-state index contributed by atoms with van der Waals surface area (Å²) in [6, 6.07) is 7.62. The van der Waals surface area contributed by atoms with Crippen molar-refractivity contribution in [2.45, 2.75) is 44.7 Å². The molecule has 0 saturated carbocycles. The minimum Gasteiger partial charge on any atom is -0.481 e. The number of thioether (sulfide) groups is 1. The summed E-state index contributed by atoms with van der Waals surface area (Å²) in [5.41, 5.74) is 3.05. The molecule has 1 N–H and O–H groups in total. The van der Waals surface area contributed by atoms with Gasteiger partial charge >= 0.3 is 0 Å². The molecule has 24 heavy (non-hydrogen) atoms. The van der Waals surface area contributed by atoms with Gasteiger partial charge in [-0.05, 0) is 58.2 Å². The molecule has 1 heterocycles. The molecule has 0 radical (unpaired) electrons. The second kappa shape index (κ2) is 7.75. The van der Waals surface area contributed by atoms with E-state index in [0.717, 1.165) is 21.8 Å². The van der Waals surface area contributed by atoms with Crippen LogP contribution in [0, 0.1) is 13.8 Å². The van der Waals surface area contributed by atoms with Crippen molar-refractivity contribution in [2.24, 2.45) is 7.05 Å². The van der Waals surface area contributed by atoms with E-state index in [-0.39, 0.29) is 11.9 Å². The molecule has 0 saturated heterocycles. The van der Waals surface area contributed by atoms with Crippen LogP contribution in [-0.4, -0.2) is 28.0 Å². The SMILES string of the molecule is CSc1ccc(O[C@@H](C)C(=O)N[C@@H](C)c2c(C)nn(C)c2C)cc1. The summed E-state index contributed by atoms with van der Waals surface area (Å²) < 4.78 is 7.57. The third-order valence-corrected chi connectivity index (χ3v) is 4.84. The molecule has 0 aliphatic rings. The number of nitrogens with zero attached hydrogens (tertiary/aromatic N) is 2. The van der Waals surface area contributed by atoms with Crippen molar-refractivity contribution in [3.05, 3.63) is 41.2 Å². The number of ether oxygens (including phenoxy) is 1. The molecule has 0 bridgehead atoms. The molecular formula is C18H25N3O2S. The van der Waals surface area contributed by atoms with Crippen LogP contribution >= 0.6 is 11.8 Å². The molecule has 0 spiro atoms. The molecule has 1 amide bonds. The Morgan fingerprint density at radius 3 is 2.38 bits per heavy atom. The fraction of sp³-hybridized carbons (Fsp3) is 0.444. The van der Waals surface area contributed by atoms with Crippen LogP contribution in [-0.2, 0) is 11.8 Å². The summed E-state index contributed by atoms with van der Waals surface area (Å²) >= 11 is 1.67. The zero-order valence-corrected chi connectivity index (χ0v) is 15.9. The quantitative estimate of drug-likeness (QED) is 0.814. The Balaban J connectivity index is 2.00. The van der Waals surface area contributed by atoms with Crippen molar-refractivity contribution in [3.8, 4) is 5.75 Å². The van der Waals surface area contributed by atoms with Gasteiger partial charge in [0.15, 0.2) is 6.10 Å². The standard InChI is InChI=1S/C18H25N3O2S/c1-11(17-12(2)20-21(5)13(17)3)19-18(22)14(4)23-15-7-9-16(24-6)10-8-15/h7-11,14H,1-6H3,(H,19,22)/t11-,14-/m0/s1. The van der Waals surface area contributed by atoms with Crippen molar-refractivity contribution in [3.63, 3.8) is 0 Å². The molecule has 2 atom stereocenters. The van der Waals surface area contributed by atoms with Crippen molar-refractivity contribution < 1.29 is 9.53 Å². The van der Waals surface area contributed by atoms with E-state index in [1.807, 2.05) is 63.0 Å². The number of aromatic nitrogens is 2. The first-order chi connectivity index (χ1) is 11.3. The number of rotatable bonds is 6. The number of aryl methyl sites for hydroxylation is 2. The van der Waals surface area contributed by atoms with E-state index in [9.17, 15) is 4.79 Å². The van der Waals surface area contributed by atoms with E-state index < -0.39 is 6.10 Å². The molecule has 2 rings (SSSR count). The maximum Gasteiger partial charge on any atom is 0.261 e. The molecule has 0 fully saturated rings. The highest BCUT2D eigenvalue weighted by molar-refractivity contribution is 7.98. The van der Waals surface area contributed by atoms with Crippen molar-refractivity contribution in [1.29, 1.82) is 0 Å². The van der Waals surface area contributed by atoms with Gasteiger partial charge in [0.25, 0.3) is 5.91 Å². The number of amides is 1. The lowest BCUT2D eigenvalue weighted by Crippen LogP contribution is -2.38. The van der Waals surface area contributed by atoms with E-state index in [1.54, 1.807) is 18.7 Å². The maximum absolute atomic E-state index is 12.4. The molecule has 0 aliphatic heterocycles. The highest BCUT2D eigenvalue weighted by Crippen LogP contribution is 2.22. The number of carbonyl (C=O) groups is 1. The number of hydrogen-bond donors (Lipinski definition) is 1. The Morgan fingerprint density at radius 2 is 1.88 bits per heavy atom. The smallest absolute Gasteiger partial charge is 0.261 e. The van der Waals surface area contributed by atoms with E-state index in [1.165, 1.54) is 0 Å². The first-order valence-electron chi connectivity index (χ1n) is 7.94. The van der Waals surface area contributed by atoms with Gasteiger partial charge in [0, 0.05) is 23.2 Å². The summed E-state index contributed by atoms with van der Waals surface area (Å²) in [7, 11) is 1.91. The zero-order chi connectivity index (χ0) is 17.9. The molecule has 5 nitrogen and oxygen atoms in total. The summed E-state index contributed by atoms with van der Waals surface area (Å²) in [5.74, 6) is 0.552. The third-order valence-electron chi connectivity index (χ3n) is 4.10. The van der Waals surface area contributed by atoms with Crippen LogP contribution in [0.4, 0.5) is 0 Å². The van der Waals surface area contributed by atoms with Crippen LogP contribution < -0.4 is 10.1 Å². The molecular weight excluding hydrogens is 322 g/mol. The van der Waals surface area contributed by atoms with Gasteiger partial charge in [0.2, 0.25) is 0 Å². The highest BCUT2D eigenvalue weighted by atomic mass is 32.2. The molecule has 0 aliphatic carbocycles. The second-order valence-electron chi connectivity index (χ2n) is 5.87. The average Bonchev–Trinajstić information content (AvgIpc) is 2.80. The van der Waals surface area contributed by atoms with Crippen molar-refractivity contribution >= 4 is 17.7 Å². The summed E-state index contributed by atoms with van der Waals surface area (Å²) in [6.45, 7) is 7.69. The second-order valence-corrected chi connectivity index (χ2v) is 6.75. The predicted molar refractivity (Wildman–Crippen MR) is 97.6 cm³/mol.